The molecule has 0 atom stereocenters. The minimum atomic E-state index is -0.538. The Morgan fingerprint density at radius 2 is 1.80 bits per heavy atom. The average Bonchev–Trinajstić information content (AvgIpc) is 3.01. The molecule has 1 aliphatic heterocycles. The van der Waals surface area contributed by atoms with Gasteiger partial charge in [-0.25, -0.2) is 9.78 Å². The zero-order valence-corrected chi connectivity index (χ0v) is 26.8. The van der Waals surface area contributed by atoms with Crippen molar-refractivity contribution >= 4 is 46.0 Å². The molecule has 2 aromatic heterocycles. The van der Waals surface area contributed by atoms with Gasteiger partial charge in [0.1, 0.15) is 11.4 Å². The first-order chi connectivity index (χ1) is 22.0. The third-order valence-corrected chi connectivity index (χ3v) is 7.33. The van der Waals surface area contributed by atoms with E-state index < -0.39 is 5.60 Å². The molecule has 1 fully saturated rings. The summed E-state index contributed by atoms with van der Waals surface area (Å²) in [6, 6.07) is 14.3. The van der Waals surface area contributed by atoms with E-state index in [1.165, 1.54) is 16.7 Å². The van der Waals surface area contributed by atoms with Crippen molar-refractivity contribution in [2.45, 2.75) is 40.2 Å². The van der Waals surface area contributed by atoms with Crippen LogP contribution in [-0.4, -0.2) is 69.8 Å². The van der Waals surface area contributed by atoms with E-state index in [9.17, 15) is 14.4 Å². The number of rotatable bonds is 8. The number of hydrogen-bond acceptors (Lipinski definition) is 9. The highest BCUT2D eigenvalue weighted by Gasteiger charge is 2.26. The molecule has 0 unspecified atom stereocenters. The van der Waals surface area contributed by atoms with Gasteiger partial charge in [0.05, 0.1) is 18.0 Å². The van der Waals surface area contributed by atoms with Crippen LogP contribution in [0.3, 0.4) is 0 Å². The van der Waals surface area contributed by atoms with Gasteiger partial charge in [-0.05, 0) is 76.6 Å². The standard InChI is InChI=1S/C34H39N7O5/c1-7-29(42)36-23-10-9-11-25(19-23)41-30(43)18-22(3)26-21-35-32(38-31(26)41)37-27-13-12-24(20-28(27)45-8-2)39-14-16-40(17-15-39)33(44)46-34(4,5)6/h7,9-13,18-21H,1,8,14-17H2,2-6H3,(H,36,42)(H,35,37,38). The molecular weight excluding hydrogens is 586 g/mol. The number of aromatic nitrogens is 3. The Labute approximate surface area is 267 Å². The molecule has 2 N–H and O–H groups in total. The Morgan fingerprint density at radius 3 is 2.50 bits per heavy atom. The van der Waals surface area contributed by atoms with Gasteiger partial charge in [0, 0.05) is 61.3 Å². The van der Waals surface area contributed by atoms with Gasteiger partial charge in [0.2, 0.25) is 11.9 Å². The second-order valence-electron chi connectivity index (χ2n) is 11.9. The first-order valence-electron chi connectivity index (χ1n) is 15.2. The molecule has 12 nitrogen and oxygen atoms in total. The van der Waals surface area contributed by atoms with E-state index in [1.807, 2.05) is 52.8 Å². The highest BCUT2D eigenvalue weighted by atomic mass is 16.6. The molecule has 240 valence electrons. The van der Waals surface area contributed by atoms with Gasteiger partial charge in [0.25, 0.3) is 5.56 Å². The predicted molar refractivity (Wildman–Crippen MR) is 180 cm³/mol. The maximum Gasteiger partial charge on any atom is 0.410 e. The quantitative estimate of drug-likeness (QED) is 0.247. The van der Waals surface area contributed by atoms with Gasteiger partial charge >= 0.3 is 6.09 Å². The smallest absolute Gasteiger partial charge is 0.410 e. The molecule has 0 radical (unpaired) electrons. The average molecular weight is 626 g/mol. The minimum absolute atomic E-state index is 0.270. The normalized spacial score (nSPS) is 13.3. The number of amides is 2. The van der Waals surface area contributed by atoms with Crippen molar-refractivity contribution in [1.29, 1.82) is 0 Å². The van der Waals surface area contributed by atoms with Crippen LogP contribution in [0.15, 0.2) is 72.2 Å². The molecule has 3 heterocycles. The van der Waals surface area contributed by atoms with Crippen LogP contribution in [0.2, 0.25) is 0 Å². The molecular formula is C34H39N7O5. The predicted octanol–water partition coefficient (Wildman–Crippen LogP) is 5.41. The van der Waals surface area contributed by atoms with Crippen molar-refractivity contribution in [3.8, 4) is 11.4 Å². The van der Waals surface area contributed by atoms with Gasteiger partial charge in [-0.2, -0.15) is 4.98 Å². The number of piperazine rings is 1. The minimum Gasteiger partial charge on any atom is -0.492 e. The van der Waals surface area contributed by atoms with Crippen molar-refractivity contribution in [2.75, 3.05) is 48.3 Å². The van der Waals surface area contributed by atoms with E-state index >= 15 is 0 Å². The molecule has 1 aliphatic rings. The number of nitrogens with one attached hydrogen (secondary N) is 2. The fourth-order valence-electron chi connectivity index (χ4n) is 5.16. The number of ether oxygens (including phenoxy) is 2. The van der Waals surface area contributed by atoms with Gasteiger partial charge in [-0.3, -0.25) is 14.2 Å². The highest BCUT2D eigenvalue weighted by Crippen LogP contribution is 2.33. The lowest BCUT2D eigenvalue weighted by molar-refractivity contribution is -0.111. The van der Waals surface area contributed by atoms with E-state index in [0.717, 1.165) is 11.3 Å². The molecule has 1 saturated heterocycles. The zero-order valence-electron chi connectivity index (χ0n) is 26.8. The highest BCUT2D eigenvalue weighted by molar-refractivity contribution is 5.99. The lowest BCUT2D eigenvalue weighted by atomic mass is 10.2. The van der Waals surface area contributed by atoms with E-state index in [2.05, 4.69) is 27.1 Å². The second-order valence-corrected chi connectivity index (χ2v) is 11.9. The summed E-state index contributed by atoms with van der Waals surface area (Å²) < 4.78 is 13.0. The summed E-state index contributed by atoms with van der Waals surface area (Å²) in [4.78, 5) is 50.9. The van der Waals surface area contributed by atoms with Gasteiger partial charge < -0.3 is 29.9 Å². The van der Waals surface area contributed by atoms with Crippen molar-refractivity contribution in [1.82, 2.24) is 19.4 Å². The fourth-order valence-corrected chi connectivity index (χ4v) is 5.16. The number of pyridine rings is 1. The molecule has 12 heteroatoms. The summed E-state index contributed by atoms with van der Waals surface area (Å²) in [6.07, 6.45) is 2.56. The molecule has 0 saturated carbocycles. The molecule has 2 aromatic carbocycles. The lowest BCUT2D eigenvalue weighted by Gasteiger charge is -2.37. The lowest BCUT2D eigenvalue weighted by Crippen LogP contribution is -2.50. The topological polar surface area (TPSA) is 131 Å². The van der Waals surface area contributed by atoms with Crippen LogP contribution >= 0.6 is 0 Å². The van der Waals surface area contributed by atoms with E-state index in [-0.39, 0.29) is 23.5 Å². The van der Waals surface area contributed by atoms with Crippen LogP contribution in [0.25, 0.3) is 16.7 Å². The van der Waals surface area contributed by atoms with Gasteiger partial charge in [-0.15, -0.1) is 0 Å². The number of anilines is 4. The van der Waals surface area contributed by atoms with Gasteiger partial charge in [-0.1, -0.05) is 12.6 Å². The number of carbonyl (C=O) groups excluding carboxylic acids is 2. The number of hydrogen-bond donors (Lipinski definition) is 2. The van der Waals surface area contributed by atoms with Crippen molar-refractivity contribution in [2.24, 2.45) is 0 Å². The fraction of sp³-hybridized carbons (Fsp3) is 0.324. The van der Waals surface area contributed by atoms with E-state index in [1.54, 1.807) is 35.4 Å². The van der Waals surface area contributed by atoms with Crippen molar-refractivity contribution < 1.29 is 19.1 Å². The van der Waals surface area contributed by atoms with Crippen molar-refractivity contribution in [3.05, 3.63) is 83.3 Å². The molecule has 5 rings (SSSR count). The maximum absolute atomic E-state index is 13.3. The van der Waals surface area contributed by atoms with Crippen LogP contribution < -0.4 is 25.8 Å². The second kappa shape index (κ2) is 13.3. The molecule has 0 bridgehead atoms. The number of carbonyl (C=O) groups is 2. The summed E-state index contributed by atoms with van der Waals surface area (Å²) in [5, 5.41) is 6.70. The Hall–Kier alpha value is -5.39. The first-order valence-corrected chi connectivity index (χ1v) is 15.2. The van der Waals surface area contributed by atoms with Crippen LogP contribution in [0.5, 0.6) is 5.75 Å². The summed E-state index contributed by atoms with van der Waals surface area (Å²) in [7, 11) is 0. The number of benzene rings is 2. The molecule has 4 aromatic rings. The molecule has 0 aliphatic carbocycles. The number of nitrogens with zero attached hydrogens (tertiary/aromatic N) is 5. The maximum atomic E-state index is 13.3. The molecule has 2 amide bonds. The molecule has 0 spiro atoms. The third-order valence-electron chi connectivity index (χ3n) is 7.33. The third kappa shape index (κ3) is 7.28. The zero-order chi connectivity index (χ0) is 33.0. The van der Waals surface area contributed by atoms with Crippen LogP contribution in [0, 0.1) is 6.92 Å². The summed E-state index contributed by atoms with van der Waals surface area (Å²) in [5.74, 6) is 0.541. The van der Waals surface area contributed by atoms with Gasteiger partial charge in [0.15, 0.2) is 5.65 Å². The Morgan fingerprint density at radius 1 is 1.04 bits per heavy atom. The summed E-state index contributed by atoms with van der Waals surface area (Å²) >= 11 is 0. The first kappa shape index (κ1) is 32.0. The monoisotopic (exact) mass is 625 g/mol. The van der Waals surface area contributed by atoms with E-state index in [4.69, 9.17) is 14.5 Å². The van der Waals surface area contributed by atoms with Crippen LogP contribution in [0.4, 0.5) is 27.8 Å². The van der Waals surface area contributed by atoms with Crippen LogP contribution in [-0.2, 0) is 9.53 Å². The van der Waals surface area contributed by atoms with Crippen molar-refractivity contribution in [3.63, 3.8) is 0 Å². The molecule has 46 heavy (non-hydrogen) atoms. The van der Waals surface area contributed by atoms with E-state index in [0.29, 0.717) is 66.6 Å². The number of aryl methyl sites for hydroxylation is 1. The van der Waals surface area contributed by atoms with Crippen LogP contribution in [0.1, 0.15) is 33.3 Å². The number of fused-ring (bicyclic) bond motifs is 1. The Balaban J connectivity index is 1.42. The Kier molecular flexibility index (Phi) is 9.26. The summed E-state index contributed by atoms with van der Waals surface area (Å²) in [5.41, 5.74) is 3.02. The Bertz CT molecular complexity index is 1840. The SMILES string of the molecule is C=CC(=O)Nc1cccc(-n2c(=O)cc(C)c3cnc(Nc4ccc(N5CCN(C(=O)OC(C)(C)C)CC5)cc4OCC)nc32)c1. The summed E-state index contributed by atoms with van der Waals surface area (Å²) in [6.45, 7) is 15.7. The largest absolute Gasteiger partial charge is 0.492 e.